The Hall–Kier alpha value is -4.47. The highest BCUT2D eigenvalue weighted by Gasteiger charge is 2.26. The monoisotopic (exact) mass is 475 g/mol. The summed E-state index contributed by atoms with van der Waals surface area (Å²) in [6, 6.07) is 36.6. The van der Waals surface area contributed by atoms with E-state index in [1.54, 1.807) is 0 Å². The molecule has 0 amide bonds. The summed E-state index contributed by atoms with van der Waals surface area (Å²) in [5.41, 5.74) is 8.63. The predicted octanol–water partition coefficient (Wildman–Crippen LogP) is 9.82. The second-order valence-corrected chi connectivity index (χ2v) is 10.6. The topological polar surface area (TPSA) is 26.0 Å². The number of furan rings is 1. The lowest BCUT2D eigenvalue weighted by Gasteiger charge is -2.13. The van der Waals surface area contributed by atoms with Gasteiger partial charge in [-0.15, -0.1) is 11.3 Å². The third-order valence-electron chi connectivity index (χ3n) is 7.61. The Morgan fingerprint density at radius 2 is 1.28 bits per heavy atom. The van der Waals surface area contributed by atoms with Crippen molar-refractivity contribution in [1.29, 1.82) is 0 Å². The second kappa shape index (κ2) is 6.60. The average molecular weight is 476 g/mol. The van der Waals surface area contributed by atoms with Crippen molar-refractivity contribution in [3.63, 3.8) is 0 Å². The predicted molar refractivity (Wildman–Crippen MR) is 152 cm³/mol. The Kier molecular flexibility index (Phi) is 3.45. The smallest absolute Gasteiger partial charge is 0.136 e. The van der Waals surface area contributed by atoms with Gasteiger partial charge in [0.25, 0.3) is 0 Å². The van der Waals surface area contributed by atoms with Crippen LogP contribution in [0.15, 0.2) is 108 Å². The molecule has 1 aliphatic carbocycles. The molecule has 5 aromatic carbocycles. The normalized spacial score (nSPS) is 12.4. The molecule has 2 nitrogen and oxygen atoms in total. The summed E-state index contributed by atoms with van der Waals surface area (Å²) < 4.78 is 9.03. The minimum Gasteiger partial charge on any atom is -0.456 e. The van der Waals surface area contributed by atoms with Crippen LogP contribution in [0, 0.1) is 0 Å². The quantitative estimate of drug-likeness (QED) is 0.249. The lowest BCUT2D eigenvalue weighted by atomic mass is 9.92. The maximum absolute atomic E-state index is 6.40. The first-order chi connectivity index (χ1) is 17.8. The fourth-order valence-corrected chi connectivity index (χ4v) is 7.25. The van der Waals surface area contributed by atoms with E-state index >= 15 is 0 Å². The molecule has 166 valence electrons. The van der Waals surface area contributed by atoms with Crippen molar-refractivity contribution in [2.24, 2.45) is 0 Å². The van der Waals surface area contributed by atoms with Crippen LogP contribution < -0.4 is 0 Å². The van der Waals surface area contributed by atoms with Crippen molar-refractivity contribution in [1.82, 2.24) is 4.98 Å². The summed E-state index contributed by atoms with van der Waals surface area (Å²) in [4.78, 5) is 5.17. The molecule has 0 atom stereocenters. The lowest BCUT2D eigenvalue weighted by molar-refractivity contribution is 0.669. The summed E-state index contributed by atoms with van der Waals surface area (Å²) in [6.45, 7) is 0. The van der Waals surface area contributed by atoms with Gasteiger partial charge in [-0.05, 0) is 47.3 Å². The van der Waals surface area contributed by atoms with Crippen LogP contribution in [0.5, 0.6) is 0 Å². The Morgan fingerprint density at radius 3 is 2.22 bits per heavy atom. The maximum atomic E-state index is 6.40. The lowest BCUT2D eigenvalue weighted by Crippen LogP contribution is -1.91. The van der Waals surface area contributed by atoms with Crippen molar-refractivity contribution < 1.29 is 4.42 Å². The minimum absolute atomic E-state index is 0.940. The molecule has 0 bridgehead atoms. The highest BCUT2D eigenvalue weighted by Crippen LogP contribution is 2.53. The first-order valence-electron chi connectivity index (χ1n) is 12.1. The molecule has 0 saturated carbocycles. The maximum Gasteiger partial charge on any atom is 0.136 e. The van der Waals surface area contributed by atoms with Gasteiger partial charge in [0.05, 0.1) is 11.4 Å². The van der Waals surface area contributed by atoms with Crippen molar-refractivity contribution in [2.75, 3.05) is 0 Å². The zero-order valence-corrected chi connectivity index (χ0v) is 19.9. The highest BCUT2D eigenvalue weighted by molar-refractivity contribution is 7.26. The van der Waals surface area contributed by atoms with Crippen molar-refractivity contribution in [2.45, 2.75) is 0 Å². The Bertz CT molecular complexity index is 2200. The van der Waals surface area contributed by atoms with Crippen LogP contribution in [0.2, 0.25) is 0 Å². The van der Waals surface area contributed by atoms with Gasteiger partial charge in [-0.3, -0.25) is 0 Å². The number of hydrogen-bond donors (Lipinski definition) is 0. The first-order valence-corrected chi connectivity index (χ1v) is 13.0. The summed E-state index contributed by atoms with van der Waals surface area (Å²) in [7, 11) is 0. The molecule has 0 spiro atoms. The molecule has 8 aromatic rings. The van der Waals surface area contributed by atoms with Gasteiger partial charge < -0.3 is 4.42 Å². The number of rotatable bonds is 2. The Labute approximate surface area is 210 Å². The van der Waals surface area contributed by atoms with Crippen LogP contribution >= 0.6 is 11.3 Å². The van der Waals surface area contributed by atoms with Gasteiger partial charge in [0.2, 0.25) is 0 Å². The van der Waals surface area contributed by atoms with Gasteiger partial charge in [0, 0.05) is 53.0 Å². The van der Waals surface area contributed by atoms with E-state index in [2.05, 4.69) is 97.1 Å². The van der Waals surface area contributed by atoms with E-state index in [9.17, 15) is 0 Å². The molecule has 3 heterocycles. The van der Waals surface area contributed by atoms with Crippen molar-refractivity contribution in [3.8, 4) is 33.6 Å². The number of hydrogen-bond acceptors (Lipinski definition) is 3. The molecule has 3 aromatic heterocycles. The van der Waals surface area contributed by atoms with E-state index in [4.69, 9.17) is 9.40 Å². The van der Waals surface area contributed by atoms with Gasteiger partial charge >= 0.3 is 0 Å². The van der Waals surface area contributed by atoms with Crippen LogP contribution in [-0.4, -0.2) is 4.98 Å². The highest BCUT2D eigenvalue weighted by atomic mass is 32.1. The standard InChI is InChI=1S/C33H17NOS/c1-2-6-18(7-3-1)22-9-5-10-23(34-22)20-14-17-27-33-29(20)21-8-4-11-24-30(21)31-25(35-24)15-12-19-13-16-26(36-27)32(33)28(19)31/h1-17H. The molecule has 9 rings (SSSR count). The number of thiophene rings is 1. The second-order valence-electron chi connectivity index (χ2n) is 9.49. The summed E-state index contributed by atoms with van der Waals surface area (Å²) in [5.74, 6) is 0. The van der Waals surface area contributed by atoms with Gasteiger partial charge in [-0.2, -0.15) is 0 Å². The molecule has 0 fully saturated rings. The van der Waals surface area contributed by atoms with Crippen LogP contribution in [0.25, 0.3) is 86.5 Å². The molecule has 0 unspecified atom stereocenters. The third kappa shape index (κ3) is 2.29. The summed E-state index contributed by atoms with van der Waals surface area (Å²) in [5, 5.41) is 7.68. The third-order valence-corrected chi connectivity index (χ3v) is 8.73. The minimum atomic E-state index is 0.940. The number of nitrogens with zero attached hydrogens (tertiary/aromatic N) is 1. The van der Waals surface area contributed by atoms with Crippen molar-refractivity contribution in [3.05, 3.63) is 103 Å². The van der Waals surface area contributed by atoms with Crippen LogP contribution in [-0.2, 0) is 0 Å². The fraction of sp³-hybridized carbons (Fsp3) is 0. The summed E-state index contributed by atoms with van der Waals surface area (Å²) in [6.07, 6.45) is 0. The fourth-order valence-electron chi connectivity index (χ4n) is 6.13. The molecule has 0 aliphatic heterocycles. The Balaban J connectivity index is 1.50. The van der Waals surface area contributed by atoms with Crippen molar-refractivity contribution >= 4 is 64.2 Å². The van der Waals surface area contributed by atoms with Crippen LogP contribution in [0.1, 0.15) is 0 Å². The zero-order chi connectivity index (χ0) is 23.4. The van der Waals surface area contributed by atoms with Gasteiger partial charge in [-0.1, -0.05) is 66.7 Å². The van der Waals surface area contributed by atoms with Gasteiger partial charge in [-0.25, -0.2) is 4.98 Å². The molecule has 0 N–H and O–H groups in total. The SMILES string of the molecule is c1ccc(-c2cccc(-c3ccc4sc5ccc6ccc7oc8cccc9c8c7c6c5c4c3-9)n2)cc1. The van der Waals surface area contributed by atoms with E-state index in [0.29, 0.717) is 0 Å². The molecule has 0 radical (unpaired) electrons. The zero-order valence-electron chi connectivity index (χ0n) is 19.1. The van der Waals surface area contributed by atoms with Crippen LogP contribution in [0.4, 0.5) is 0 Å². The Morgan fingerprint density at radius 1 is 0.500 bits per heavy atom. The van der Waals surface area contributed by atoms with E-state index in [-0.39, 0.29) is 0 Å². The molecule has 36 heavy (non-hydrogen) atoms. The largest absolute Gasteiger partial charge is 0.456 e. The first kappa shape index (κ1) is 18.8. The number of aromatic nitrogens is 1. The molecular weight excluding hydrogens is 458 g/mol. The van der Waals surface area contributed by atoms with E-state index in [0.717, 1.165) is 33.7 Å². The van der Waals surface area contributed by atoms with E-state index in [1.165, 1.54) is 52.8 Å². The number of benzene rings is 5. The van der Waals surface area contributed by atoms with Crippen LogP contribution in [0.3, 0.4) is 0 Å². The van der Waals surface area contributed by atoms with Gasteiger partial charge in [0.1, 0.15) is 11.2 Å². The molecule has 0 saturated heterocycles. The molecule has 1 aliphatic rings. The average Bonchev–Trinajstić information content (AvgIpc) is 3.47. The summed E-state index contributed by atoms with van der Waals surface area (Å²) >= 11 is 1.87. The molecule has 3 heteroatoms. The van der Waals surface area contributed by atoms with E-state index < -0.39 is 0 Å². The van der Waals surface area contributed by atoms with E-state index in [1.807, 2.05) is 17.4 Å². The van der Waals surface area contributed by atoms with Gasteiger partial charge in [0.15, 0.2) is 0 Å². The molecular formula is C33H17NOS. The number of pyridine rings is 1. The number of fused-ring (bicyclic) bond motifs is 1.